The second-order valence-electron chi connectivity index (χ2n) is 4.51. The molecule has 0 aromatic carbocycles. The summed E-state index contributed by atoms with van der Waals surface area (Å²) in [6.45, 7) is 9.20. The summed E-state index contributed by atoms with van der Waals surface area (Å²) in [5.41, 5.74) is 0. The molecule has 0 fully saturated rings. The minimum atomic E-state index is 0.736. The third kappa shape index (κ3) is 11.1. The average molecular weight is 307 g/mol. The number of hydrogen-bond donors (Lipinski definition) is 0. The molecule has 0 N–H and O–H groups in total. The van der Waals surface area contributed by atoms with Gasteiger partial charge in [0.1, 0.15) is 0 Å². The molecule has 0 aromatic heterocycles. The first-order valence-corrected chi connectivity index (χ1v) is 9.71. The van der Waals surface area contributed by atoms with Gasteiger partial charge in [-0.2, -0.15) is 0 Å². The van der Waals surface area contributed by atoms with Gasteiger partial charge < -0.3 is 0 Å². The molecule has 0 saturated heterocycles. The van der Waals surface area contributed by atoms with Crippen LogP contribution in [0.2, 0.25) is 5.32 Å². The van der Waals surface area contributed by atoms with Gasteiger partial charge in [-0.1, -0.05) is 0 Å². The molecule has 0 aromatic rings. The number of unbranched alkanes of at least 4 members (excludes halogenated alkanes) is 4. The van der Waals surface area contributed by atoms with Gasteiger partial charge in [-0.05, 0) is 0 Å². The Morgan fingerprint density at radius 3 is 2.50 bits per heavy atom. The van der Waals surface area contributed by atoms with E-state index in [4.69, 9.17) is 0 Å². The van der Waals surface area contributed by atoms with E-state index < -0.39 is 0 Å². The van der Waals surface area contributed by atoms with E-state index in [1.807, 2.05) is 0 Å². The molecule has 0 radical (unpaired) electrons. The van der Waals surface area contributed by atoms with Gasteiger partial charge in [0, 0.05) is 0 Å². The van der Waals surface area contributed by atoms with E-state index in [0.29, 0.717) is 0 Å². The maximum absolute atomic E-state index is 2.52. The molecule has 0 bridgehead atoms. The molecule has 0 nitrogen and oxygen atoms in total. The first kappa shape index (κ1) is 16.6. The molecule has 0 saturated carbocycles. The second kappa shape index (κ2) is 12.1. The Balaban J connectivity index is 3.75. The van der Waals surface area contributed by atoms with Crippen LogP contribution in [0, 0.1) is 5.92 Å². The van der Waals surface area contributed by atoms with Crippen LogP contribution in [-0.4, -0.2) is 20.7 Å². The standard InChI is InChI=1S/C14H28SSe/c1-5-7-8-9-10-11-14(15-6-2)16-12-13(3)4/h11,13H,5-10,12H2,1-4H3/b14-11+. The number of rotatable bonds is 10. The zero-order chi connectivity index (χ0) is 12.2. The van der Waals surface area contributed by atoms with Gasteiger partial charge in [0.2, 0.25) is 0 Å². The Morgan fingerprint density at radius 1 is 1.19 bits per heavy atom. The molecule has 0 atom stereocenters. The Labute approximate surface area is 113 Å². The first-order chi connectivity index (χ1) is 7.70. The fourth-order valence-corrected chi connectivity index (χ4v) is 5.10. The van der Waals surface area contributed by atoms with Crippen molar-refractivity contribution >= 4 is 26.7 Å². The van der Waals surface area contributed by atoms with Crippen LogP contribution in [0.5, 0.6) is 0 Å². The molecule has 0 heterocycles. The van der Waals surface area contributed by atoms with Crippen LogP contribution in [-0.2, 0) is 0 Å². The van der Waals surface area contributed by atoms with Crippen LogP contribution in [0.1, 0.15) is 59.8 Å². The predicted octanol–water partition coefficient (Wildman–Crippen LogP) is 5.33. The van der Waals surface area contributed by atoms with Crippen LogP contribution < -0.4 is 0 Å². The molecule has 0 aliphatic carbocycles. The van der Waals surface area contributed by atoms with Gasteiger partial charge in [0.05, 0.1) is 0 Å². The quantitative estimate of drug-likeness (QED) is 0.388. The van der Waals surface area contributed by atoms with Crippen LogP contribution in [0.3, 0.4) is 0 Å². The van der Waals surface area contributed by atoms with Crippen molar-refractivity contribution in [3.05, 3.63) is 9.88 Å². The van der Waals surface area contributed by atoms with Crippen molar-refractivity contribution in [3.8, 4) is 0 Å². The molecule has 0 spiro atoms. The van der Waals surface area contributed by atoms with Gasteiger partial charge in [0.25, 0.3) is 0 Å². The summed E-state index contributed by atoms with van der Waals surface area (Å²) in [4.78, 5) is 0. The van der Waals surface area contributed by atoms with Crippen molar-refractivity contribution in [2.45, 2.75) is 65.1 Å². The number of hydrogen-bond acceptors (Lipinski definition) is 1. The molecule has 2 heteroatoms. The Morgan fingerprint density at radius 2 is 1.94 bits per heavy atom. The summed E-state index contributed by atoms with van der Waals surface area (Å²) in [6, 6.07) is 0. The molecule has 0 unspecified atom stereocenters. The van der Waals surface area contributed by atoms with E-state index in [-0.39, 0.29) is 0 Å². The zero-order valence-electron chi connectivity index (χ0n) is 11.4. The third-order valence-corrected chi connectivity index (χ3v) is 7.00. The third-order valence-electron chi connectivity index (χ3n) is 2.21. The van der Waals surface area contributed by atoms with Crippen molar-refractivity contribution in [3.63, 3.8) is 0 Å². The maximum atomic E-state index is 2.52. The summed E-state index contributed by atoms with van der Waals surface area (Å²) in [6.07, 6.45) is 9.38. The average Bonchev–Trinajstić information content (AvgIpc) is 2.25. The van der Waals surface area contributed by atoms with E-state index in [2.05, 4.69) is 45.5 Å². The van der Waals surface area contributed by atoms with Gasteiger partial charge in [-0.15, -0.1) is 0 Å². The van der Waals surface area contributed by atoms with Crippen molar-refractivity contribution in [2.75, 3.05) is 5.75 Å². The molecule has 96 valence electrons. The van der Waals surface area contributed by atoms with E-state index in [9.17, 15) is 0 Å². The molecule has 16 heavy (non-hydrogen) atoms. The summed E-state index contributed by atoms with van der Waals surface area (Å²) in [5, 5.41) is 1.40. The Hall–Kier alpha value is 0.609. The first-order valence-electron chi connectivity index (χ1n) is 6.66. The fraction of sp³-hybridized carbons (Fsp3) is 0.857. The second-order valence-corrected chi connectivity index (χ2v) is 8.63. The van der Waals surface area contributed by atoms with E-state index in [1.54, 1.807) is 3.80 Å². The van der Waals surface area contributed by atoms with Gasteiger partial charge in [-0.25, -0.2) is 0 Å². The topological polar surface area (TPSA) is 0 Å². The fourth-order valence-electron chi connectivity index (χ4n) is 1.34. The molecular formula is C14H28SSe. The Bertz CT molecular complexity index is 176. The summed E-state index contributed by atoms with van der Waals surface area (Å²) in [7, 11) is 0. The molecule has 0 amide bonds. The van der Waals surface area contributed by atoms with Gasteiger partial charge >= 0.3 is 113 Å². The molecule has 0 aliphatic heterocycles. The van der Waals surface area contributed by atoms with Crippen LogP contribution in [0.4, 0.5) is 0 Å². The molecular weight excluding hydrogens is 279 g/mol. The SMILES string of the molecule is CCCCCC/C=C(\SCC)[Se]CC(C)C. The Kier molecular flexibility index (Phi) is 12.5. The van der Waals surface area contributed by atoms with Crippen LogP contribution >= 0.6 is 11.8 Å². The van der Waals surface area contributed by atoms with Gasteiger partial charge in [0.15, 0.2) is 0 Å². The number of thioether (sulfide) groups is 1. The van der Waals surface area contributed by atoms with Crippen molar-refractivity contribution in [1.82, 2.24) is 0 Å². The molecule has 0 aliphatic rings. The van der Waals surface area contributed by atoms with Crippen LogP contribution in [0.25, 0.3) is 0 Å². The normalized spacial score (nSPS) is 12.4. The van der Waals surface area contributed by atoms with Gasteiger partial charge in [-0.3, -0.25) is 0 Å². The predicted molar refractivity (Wildman–Crippen MR) is 80.4 cm³/mol. The van der Waals surface area contributed by atoms with E-state index in [0.717, 1.165) is 20.9 Å². The van der Waals surface area contributed by atoms with Crippen LogP contribution in [0.15, 0.2) is 9.88 Å². The summed E-state index contributed by atoms with van der Waals surface area (Å²) < 4.78 is 1.69. The summed E-state index contributed by atoms with van der Waals surface area (Å²) >= 11 is 2.81. The van der Waals surface area contributed by atoms with Crippen molar-refractivity contribution < 1.29 is 0 Å². The van der Waals surface area contributed by atoms with Crippen molar-refractivity contribution in [1.29, 1.82) is 0 Å². The summed E-state index contributed by atoms with van der Waals surface area (Å²) in [5.74, 6) is 2.10. The monoisotopic (exact) mass is 308 g/mol. The molecule has 0 rings (SSSR count). The van der Waals surface area contributed by atoms with E-state index in [1.165, 1.54) is 43.2 Å². The van der Waals surface area contributed by atoms with E-state index >= 15 is 0 Å². The zero-order valence-corrected chi connectivity index (χ0v) is 14.0. The minimum absolute atomic E-state index is 0.736. The number of allylic oxidation sites excluding steroid dienone is 1. The van der Waals surface area contributed by atoms with Crippen molar-refractivity contribution in [2.24, 2.45) is 5.92 Å².